The summed E-state index contributed by atoms with van der Waals surface area (Å²) >= 11 is 9.73. The summed E-state index contributed by atoms with van der Waals surface area (Å²) in [6, 6.07) is 14.3. The predicted octanol–water partition coefficient (Wildman–Crippen LogP) is 4.99. The van der Waals surface area contributed by atoms with E-state index in [0.29, 0.717) is 20.2 Å². The van der Waals surface area contributed by atoms with Gasteiger partial charge < -0.3 is 0 Å². The number of rotatable bonds is 3. The smallest absolute Gasteiger partial charge is 0.266 e. The molecule has 3 rings (SSSR count). The van der Waals surface area contributed by atoms with Crippen molar-refractivity contribution in [3.05, 3.63) is 74.9 Å². The number of nitrogens with zero attached hydrogens (tertiary/aromatic N) is 1. The second-order valence-electron chi connectivity index (χ2n) is 4.93. The molecule has 0 spiro atoms. The lowest BCUT2D eigenvalue weighted by Crippen LogP contribution is -2.27. The second-order valence-corrected chi connectivity index (χ2v) is 7.46. The first kappa shape index (κ1) is 16.4. The third kappa shape index (κ3) is 3.71. The molecule has 0 radical (unpaired) electrons. The number of carbonyl (C=O) groups excluding carboxylic acids is 1. The van der Waals surface area contributed by atoms with E-state index in [1.807, 2.05) is 30.3 Å². The van der Waals surface area contributed by atoms with E-state index in [0.717, 1.165) is 11.1 Å². The molecule has 0 aromatic heterocycles. The minimum Gasteiger partial charge on any atom is -0.288 e. The summed E-state index contributed by atoms with van der Waals surface area (Å²) in [5.41, 5.74) is 1.77. The molecule has 2 nitrogen and oxygen atoms in total. The Kier molecular flexibility index (Phi) is 4.94. The number of amides is 1. The Morgan fingerprint density at radius 3 is 2.65 bits per heavy atom. The van der Waals surface area contributed by atoms with Gasteiger partial charge in [-0.25, -0.2) is 4.39 Å². The van der Waals surface area contributed by atoms with Gasteiger partial charge in [0.15, 0.2) is 0 Å². The highest BCUT2D eigenvalue weighted by Crippen LogP contribution is 2.34. The molecule has 2 aromatic carbocycles. The SMILES string of the molecule is O=C1C(=Cc2ccc(F)c(Br)c2)SC(=S)N1Cc1ccccc1. The van der Waals surface area contributed by atoms with E-state index in [4.69, 9.17) is 12.2 Å². The van der Waals surface area contributed by atoms with Gasteiger partial charge in [0, 0.05) is 0 Å². The van der Waals surface area contributed by atoms with Crippen LogP contribution in [0.15, 0.2) is 57.9 Å². The van der Waals surface area contributed by atoms with Crippen molar-refractivity contribution in [2.75, 3.05) is 0 Å². The van der Waals surface area contributed by atoms with Gasteiger partial charge in [-0.2, -0.15) is 0 Å². The van der Waals surface area contributed by atoms with Crippen LogP contribution in [0.4, 0.5) is 4.39 Å². The van der Waals surface area contributed by atoms with Crippen molar-refractivity contribution in [3.63, 3.8) is 0 Å². The van der Waals surface area contributed by atoms with Crippen molar-refractivity contribution in [2.45, 2.75) is 6.54 Å². The highest BCUT2D eigenvalue weighted by atomic mass is 79.9. The molecule has 1 heterocycles. The molecule has 1 fully saturated rings. The molecular weight excluding hydrogens is 397 g/mol. The van der Waals surface area contributed by atoms with Crippen LogP contribution in [0.25, 0.3) is 6.08 Å². The largest absolute Gasteiger partial charge is 0.288 e. The van der Waals surface area contributed by atoms with Gasteiger partial charge in [0.1, 0.15) is 10.1 Å². The Morgan fingerprint density at radius 1 is 1.22 bits per heavy atom. The highest BCUT2D eigenvalue weighted by molar-refractivity contribution is 9.10. The Labute approximate surface area is 151 Å². The lowest BCUT2D eigenvalue weighted by atomic mass is 10.2. The van der Waals surface area contributed by atoms with Crippen LogP contribution in [0.2, 0.25) is 0 Å². The number of benzene rings is 2. The van der Waals surface area contributed by atoms with Gasteiger partial charge >= 0.3 is 0 Å². The van der Waals surface area contributed by atoms with Crippen LogP contribution in [-0.2, 0) is 11.3 Å². The standard InChI is InChI=1S/C17H11BrFNOS2/c18-13-8-12(6-7-14(13)19)9-15-16(21)20(17(22)23-15)10-11-4-2-1-3-5-11/h1-9H,10H2. The Morgan fingerprint density at radius 2 is 1.96 bits per heavy atom. The summed E-state index contributed by atoms with van der Waals surface area (Å²) < 4.78 is 14.2. The first-order chi connectivity index (χ1) is 11.0. The highest BCUT2D eigenvalue weighted by Gasteiger charge is 2.31. The van der Waals surface area contributed by atoms with Gasteiger partial charge in [0.2, 0.25) is 0 Å². The Balaban J connectivity index is 1.83. The van der Waals surface area contributed by atoms with Gasteiger partial charge in [-0.15, -0.1) is 0 Å². The second kappa shape index (κ2) is 6.95. The fourth-order valence-electron chi connectivity index (χ4n) is 2.16. The van der Waals surface area contributed by atoms with Crippen LogP contribution in [0.3, 0.4) is 0 Å². The summed E-state index contributed by atoms with van der Waals surface area (Å²) in [4.78, 5) is 14.7. The predicted molar refractivity (Wildman–Crippen MR) is 99.3 cm³/mol. The number of halogens is 2. The number of thioether (sulfide) groups is 1. The molecule has 0 saturated carbocycles. The quantitative estimate of drug-likeness (QED) is 0.527. The maximum absolute atomic E-state index is 13.3. The van der Waals surface area contributed by atoms with E-state index in [1.165, 1.54) is 17.8 Å². The molecule has 2 aromatic rings. The first-order valence-electron chi connectivity index (χ1n) is 6.79. The van der Waals surface area contributed by atoms with Crippen LogP contribution in [0, 0.1) is 5.82 Å². The summed E-state index contributed by atoms with van der Waals surface area (Å²) in [5, 5.41) is 0. The Hall–Kier alpha value is -1.50. The van der Waals surface area contributed by atoms with Crippen LogP contribution >= 0.6 is 39.9 Å². The third-order valence-corrected chi connectivity index (χ3v) is 5.28. The van der Waals surface area contributed by atoms with E-state index < -0.39 is 0 Å². The fourth-order valence-corrected chi connectivity index (χ4v) is 3.81. The van der Waals surface area contributed by atoms with E-state index in [1.54, 1.807) is 23.1 Å². The molecule has 23 heavy (non-hydrogen) atoms. The lowest BCUT2D eigenvalue weighted by molar-refractivity contribution is -0.122. The first-order valence-corrected chi connectivity index (χ1v) is 8.81. The third-order valence-electron chi connectivity index (χ3n) is 3.30. The molecule has 0 bridgehead atoms. The summed E-state index contributed by atoms with van der Waals surface area (Å²) in [6.07, 6.45) is 1.73. The molecule has 1 amide bonds. The summed E-state index contributed by atoms with van der Waals surface area (Å²) in [6.45, 7) is 0.454. The maximum atomic E-state index is 13.3. The van der Waals surface area contributed by atoms with Gasteiger partial charge in [0.25, 0.3) is 5.91 Å². The van der Waals surface area contributed by atoms with Gasteiger partial charge in [-0.3, -0.25) is 9.69 Å². The minimum absolute atomic E-state index is 0.121. The number of carbonyl (C=O) groups is 1. The van der Waals surface area contributed by atoms with Crippen molar-refractivity contribution >= 4 is 56.2 Å². The number of hydrogen-bond acceptors (Lipinski definition) is 3. The van der Waals surface area contributed by atoms with Crippen molar-refractivity contribution in [3.8, 4) is 0 Å². The van der Waals surface area contributed by atoms with Crippen LogP contribution in [-0.4, -0.2) is 15.1 Å². The lowest BCUT2D eigenvalue weighted by Gasteiger charge is -2.14. The van der Waals surface area contributed by atoms with Gasteiger partial charge in [0.05, 0.1) is 15.9 Å². The molecular formula is C17H11BrFNOS2. The molecule has 6 heteroatoms. The Bertz CT molecular complexity index is 807. The van der Waals surface area contributed by atoms with E-state index in [-0.39, 0.29) is 11.7 Å². The summed E-state index contributed by atoms with van der Waals surface area (Å²) in [5.74, 6) is -0.455. The normalized spacial score (nSPS) is 16.4. The minimum atomic E-state index is -0.334. The zero-order valence-corrected chi connectivity index (χ0v) is 15.1. The van der Waals surface area contributed by atoms with E-state index in [2.05, 4.69) is 15.9 Å². The van der Waals surface area contributed by atoms with Crippen molar-refractivity contribution in [2.24, 2.45) is 0 Å². The topological polar surface area (TPSA) is 20.3 Å². The molecule has 0 atom stereocenters. The summed E-state index contributed by atoms with van der Waals surface area (Å²) in [7, 11) is 0. The van der Waals surface area contributed by atoms with Gasteiger partial charge in [-0.1, -0.05) is 60.4 Å². The maximum Gasteiger partial charge on any atom is 0.266 e. The van der Waals surface area contributed by atoms with Gasteiger partial charge in [-0.05, 0) is 45.3 Å². The monoisotopic (exact) mass is 407 g/mol. The van der Waals surface area contributed by atoms with Crippen molar-refractivity contribution < 1.29 is 9.18 Å². The molecule has 1 saturated heterocycles. The zero-order valence-electron chi connectivity index (χ0n) is 11.8. The van der Waals surface area contributed by atoms with Crippen LogP contribution in [0.5, 0.6) is 0 Å². The number of thiocarbonyl (C=S) groups is 1. The van der Waals surface area contributed by atoms with E-state index >= 15 is 0 Å². The molecule has 1 aliphatic heterocycles. The molecule has 0 aliphatic carbocycles. The average molecular weight is 408 g/mol. The van der Waals surface area contributed by atoms with Crippen LogP contribution in [0.1, 0.15) is 11.1 Å². The molecule has 0 N–H and O–H groups in total. The zero-order chi connectivity index (χ0) is 16.4. The van der Waals surface area contributed by atoms with E-state index in [9.17, 15) is 9.18 Å². The molecule has 116 valence electrons. The number of hydrogen-bond donors (Lipinski definition) is 0. The molecule has 0 unspecified atom stereocenters. The van der Waals surface area contributed by atoms with Crippen molar-refractivity contribution in [1.82, 2.24) is 4.90 Å². The van der Waals surface area contributed by atoms with Crippen LogP contribution < -0.4 is 0 Å². The van der Waals surface area contributed by atoms with Crippen molar-refractivity contribution in [1.29, 1.82) is 0 Å². The fraction of sp³-hybridized carbons (Fsp3) is 0.0588. The average Bonchev–Trinajstić information content (AvgIpc) is 2.80. The molecule has 1 aliphatic rings.